The molecule has 2 aliphatic rings. The topological polar surface area (TPSA) is 29.3 Å². The second kappa shape index (κ2) is 3.35. The van der Waals surface area contributed by atoms with Crippen molar-refractivity contribution >= 4 is 0 Å². The monoisotopic (exact) mass is 168 g/mol. The van der Waals surface area contributed by atoms with Crippen LogP contribution < -0.4 is 5.73 Å². The molecule has 2 saturated carbocycles. The molecule has 0 aromatic heterocycles. The van der Waals surface area contributed by atoms with Gasteiger partial charge in [0.1, 0.15) is 0 Å². The Morgan fingerprint density at radius 2 is 2.00 bits per heavy atom. The third kappa shape index (κ3) is 1.50. The van der Waals surface area contributed by atoms with Crippen LogP contribution in [0.3, 0.4) is 0 Å². The molecule has 70 valence electrons. The van der Waals surface area contributed by atoms with E-state index in [1.807, 2.05) is 0 Å². The standard InChI is InChI=1S/C10H20N2/c1-12(9-5-6-9)10-4-2-3-8(10)7-11/h8-10H,2-7,11H2,1H3. The van der Waals surface area contributed by atoms with Gasteiger partial charge in [-0.25, -0.2) is 0 Å². The van der Waals surface area contributed by atoms with E-state index in [1.165, 1.54) is 32.1 Å². The first-order valence-electron chi connectivity index (χ1n) is 5.25. The summed E-state index contributed by atoms with van der Waals surface area (Å²) in [4.78, 5) is 2.59. The van der Waals surface area contributed by atoms with Crippen molar-refractivity contribution in [3.05, 3.63) is 0 Å². The fraction of sp³-hybridized carbons (Fsp3) is 1.00. The molecule has 0 spiro atoms. The maximum Gasteiger partial charge on any atom is 0.0135 e. The van der Waals surface area contributed by atoms with E-state index < -0.39 is 0 Å². The van der Waals surface area contributed by atoms with Crippen LogP contribution in [0.15, 0.2) is 0 Å². The van der Waals surface area contributed by atoms with Crippen LogP contribution in [0.2, 0.25) is 0 Å². The van der Waals surface area contributed by atoms with Gasteiger partial charge >= 0.3 is 0 Å². The number of nitrogens with zero attached hydrogens (tertiary/aromatic N) is 1. The van der Waals surface area contributed by atoms with Gasteiger partial charge in [-0.3, -0.25) is 0 Å². The molecule has 2 atom stereocenters. The van der Waals surface area contributed by atoms with Gasteiger partial charge in [-0.15, -0.1) is 0 Å². The molecule has 0 heterocycles. The van der Waals surface area contributed by atoms with Crippen molar-refractivity contribution in [1.82, 2.24) is 4.90 Å². The van der Waals surface area contributed by atoms with E-state index >= 15 is 0 Å². The maximum absolute atomic E-state index is 5.76. The summed E-state index contributed by atoms with van der Waals surface area (Å²) in [6, 6.07) is 1.71. The zero-order valence-corrected chi connectivity index (χ0v) is 8.00. The van der Waals surface area contributed by atoms with Gasteiger partial charge in [-0.2, -0.15) is 0 Å². The van der Waals surface area contributed by atoms with Gasteiger partial charge in [0.25, 0.3) is 0 Å². The summed E-state index contributed by atoms with van der Waals surface area (Å²) in [6.45, 7) is 0.891. The summed E-state index contributed by atoms with van der Waals surface area (Å²) >= 11 is 0. The normalized spacial score (nSPS) is 36.2. The Bertz CT molecular complexity index is 154. The van der Waals surface area contributed by atoms with Gasteiger partial charge in [0.05, 0.1) is 0 Å². The zero-order valence-electron chi connectivity index (χ0n) is 8.00. The second-order valence-corrected chi connectivity index (χ2v) is 4.39. The second-order valence-electron chi connectivity index (χ2n) is 4.39. The highest BCUT2D eigenvalue weighted by Crippen LogP contribution is 2.35. The summed E-state index contributed by atoms with van der Waals surface area (Å²) < 4.78 is 0. The Morgan fingerprint density at radius 1 is 1.25 bits per heavy atom. The van der Waals surface area contributed by atoms with Gasteiger partial charge < -0.3 is 10.6 Å². The van der Waals surface area contributed by atoms with Crippen molar-refractivity contribution in [1.29, 1.82) is 0 Å². The van der Waals surface area contributed by atoms with Crippen molar-refractivity contribution in [2.45, 2.75) is 44.2 Å². The number of nitrogens with two attached hydrogens (primary N) is 1. The van der Waals surface area contributed by atoms with E-state index in [2.05, 4.69) is 11.9 Å². The lowest BCUT2D eigenvalue weighted by molar-refractivity contribution is 0.191. The van der Waals surface area contributed by atoms with Gasteiger partial charge in [0.2, 0.25) is 0 Å². The smallest absolute Gasteiger partial charge is 0.0135 e. The average molecular weight is 168 g/mol. The molecule has 2 N–H and O–H groups in total. The van der Waals surface area contributed by atoms with Gasteiger partial charge in [-0.05, 0) is 45.2 Å². The molecule has 2 heteroatoms. The molecule has 0 aromatic carbocycles. The van der Waals surface area contributed by atoms with E-state index in [-0.39, 0.29) is 0 Å². The minimum atomic E-state index is 0.788. The number of rotatable bonds is 3. The zero-order chi connectivity index (χ0) is 8.55. The van der Waals surface area contributed by atoms with E-state index in [0.29, 0.717) is 0 Å². The average Bonchev–Trinajstić information content (AvgIpc) is 2.82. The summed E-state index contributed by atoms with van der Waals surface area (Å²) in [7, 11) is 2.29. The van der Waals surface area contributed by atoms with Crippen molar-refractivity contribution in [3.63, 3.8) is 0 Å². The highest BCUT2D eigenvalue weighted by atomic mass is 15.2. The summed E-state index contributed by atoms with van der Waals surface area (Å²) in [5.74, 6) is 0.788. The molecule has 2 rings (SSSR count). The summed E-state index contributed by atoms with van der Waals surface area (Å²) in [5, 5.41) is 0. The molecule has 0 saturated heterocycles. The highest BCUT2D eigenvalue weighted by molar-refractivity contribution is 4.92. The van der Waals surface area contributed by atoms with Crippen LogP contribution in [0, 0.1) is 5.92 Å². The van der Waals surface area contributed by atoms with Gasteiger partial charge in [0.15, 0.2) is 0 Å². The Hall–Kier alpha value is -0.0800. The molecule has 2 unspecified atom stereocenters. The molecule has 0 bridgehead atoms. The lowest BCUT2D eigenvalue weighted by Gasteiger charge is -2.28. The van der Waals surface area contributed by atoms with Crippen LogP contribution in [0.25, 0.3) is 0 Å². The van der Waals surface area contributed by atoms with Crippen molar-refractivity contribution in [2.75, 3.05) is 13.6 Å². The van der Waals surface area contributed by atoms with Crippen LogP contribution in [-0.4, -0.2) is 30.6 Å². The lowest BCUT2D eigenvalue weighted by atomic mass is 10.0. The highest BCUT2D eigenvalue weighted by Gasteiger charge is 2.36. The van der Waals surface area contributed by atoms with Crippen LogP contribution in [-0.2, 0) is 0 Å². The minimum absolute atomic E-state index is 0.788. The molecule has 2 nitrogen and oxygen atoms in total. The molecule has 2 aliphatic carbocycles. The number of hydrogen-bond donors (Lipinski definition) is 1. The largest absolute Gasteiger partial charge is 0.330 e. The fourth-order valence-electron chi connectivity index (χ4n) is 2.58. The maximum atomic E-state index is 5.76. The van der Waals surface area contributed by atoms with Crippen molar-refractivity contribution in [3.8, 4) is 0 Å². The molecule has 0 radical (unpaired) electrons. The van der Waals surface area contributed by atoms with E-state index in [0.717, 1.165) is 24.5 Å². The lowest BCUT2D eigenvalue weighted by Crippen LogP contribution is -2.38. The molecule has 0 aliphatic heterocycles. The fourth-order valence-corrected chi connectivity index (χ4v) is 2.58. The predicted molar refractivity (Wildman–Crippen MR) is 51.0 cm³/mol. The van der Waals surface area contributed by atoms with Crippen LogP contribution in [0.4, 0.5) is 0 Å². The summed E-state index contributed by atoms with van der Waals surface area (Å²) in [5.41, 5.74) is 5.76. The summed E-state index contributed by atoms with van der Waals surface area (Å²) in [6.07, 6.45) is 6.98. The Balaban J connectivity index is 1.91. The SMILES string of the molecule is CN(C1CC1)C1CCCC1CN. The first-order valence-corrected chi connectivity index (χ1v) is 5.25. The molecule has 0 amide bonds. The van der Waals surface area contributed by atoms with Crippen molar-refractivity contribution < 1.29 is 0 Å². The van der Waals surface area contributed by atoms with Gasteiger partial charge in [0, 0.05) is 12.1 Å². The van der Waals surface area contributed by atoms with Crippen LogP contribution >= 0.6 is 0 Å². The van der Waals surface area contributed by atoms with E-state index in [9.17, 15) is 0 Å². The third-order valence-corrected chi connectivity index (χ3v) is 3.57. The van der Waals surface area contributed by atoms with E-state index in [4.69, 9.17) is 5.73 Å². The molecule has 0 aromatic rings. The Morgan fingerprint density at radius 3 is 2.58 bits per heavy atom. The first kappa shape index (κ1) is 8.52. The van der Waals surface area contributed by atoms with E-state index in [1.54, 1.807) is 0 Å². The molecule has 12 heavy (non-hydrogen) atoms. The quantitative estimate of drug-likeness (QED) is 0.686. The minimum Gasteiger partial charge on any atom is -0.330 e. The molecular formula is C10H20N2. The predicted octanol–water partition coefficient (Wildman–Crippen LogP) is 1.21. The first-order chi connectivity index (χ1) is 5.83. The Labute approximate surface area is 75.1 Å². The number of hydrogen-bond acceptors (Lipinski definition) is 2. The van der Waals surface area contributed by atoms with Crippen LogP contribution in [0.1, 0.15) is 32.1 Å². The Kier molecular flexibility index (Phi) is 2.37. The molecule has 2 fully saturated rings. The molecular weight excluding hydrogens is 148 g/mol. The van der Waals surface area contributed by atoms with Gasteiger partial charge in [-0.1, -0.05) is 6.42 Å². The van der Waals surface area contributed by atoms with Crippen LogP contribution in [0.5, 0.6) is 0 Å². The third-order valence-electron chi connectivity index (χ3n) is 3.57. The van der Waals surface area contributed by atoms with Crippen molar-refractivity contribution in [2.24, 2.45) is 11.7 Å².